The van der Waals surface area contributed by atoms with Crippen molar-refractivity contribution in [3.8, 4) is 5.75 Å². The van der Waals surface area contributed by atoms with Crippen LogP contribution in [0.5, 0.6) is 5.75 Å². The van der Waals surface area contributed by atoms with E-state index in [4.69, 9.17) is 4.74 Å². The van der Waals surface area contributed by atoms with Crippen LogP contribution in [0.15, 0.2) is 4.79 Å². The fourth-order valence-corrected chi connectivity index (χ4v) is 4.86. The molecule has 8 heteroatoms. The summed E-state index contributed by atoms with van der Waals surface area (Å²) in [5.41, 5.74) is 0.817. The van der Waals surface area contributed by atoms with E-state index in [1.54, 1.807) is 0 Å². The van der Waals surface area contributed by atoms with Gasteiger partial charge in [0.25, 0.3) is 5.91 Å². The standard InChI is InChI=1S/C17H24IN3O4/c1-3-19-17(24)14-16(25-2)15(23)12(18)13-11(20-6-4-5-7-20)8-10(9-22)21(13)14/h10-11,22H,3-9H2,1-2H3,(H,19,24)/t10-,11+/m0/s1. The van der Waals surface area contributed by atoms with E-state index in [0.29, 0.717) is 16.5 Å². The van der Waals surface area contributed by atoms with Crippen LogP contribution in [0.25, 0.3) is 0 Å². The van der Waals surface area contributed by atoms with Gasteiger partial charge in [0.2, 0.25) is 5.43 Å². The zero-order valence-electron chi connectivity index (χ0n) is 14.5. The van der Waals surface area contributed by atoms with Crippen LogP contribution < -0.4 is 15.5 Å². The van der Waals surface area contributed by atoms with Crippen molar-refractivity contribution in [1.29, 1.82) is 0 Å². The Balaban J connectivity index is 2.24. The van der Waals surface area contributed by atoms with Crippen molar-refractivity contribution in [3.63, 3.8) is 0 Å². The van der Waals surface area contributed by atoms with Gasteiger partial charge in [-0.05, 0) is 61.9 Å². The fraction of sp³-hybridized carbons (Fsp3) is 0.647. The monoisotopic (exact) mass is 461 g/mol. The van der Waals surface area contributed by atoms with Crippen molar-refractivity contribution in [3.05, 3.63) is 25.2 Å². The number of hydrogen-bond acceptors (Lipinski definition) is 5. The van der Waals surface area contributed by atoms with Gasteiger partial charge in [0, 0.05) is 6.54 Å². The number of hydrogen-bond donors (Lipinski definition) is 2. The van der Waals surface area contributed by atoms with Crippen molar-refractivity contribution in [2.45, 2.75) is 38.3 Å². The molecule has 1 fully saturated rings. The van der Waals surface area contributed by atoms with Crippen LogP contribution in [-0.2, 0) is 0 Å². The van der Waals surface area contributed by atoms with E-state index in [1.165, 1.54) is 7.11 Å². The van der Waals surface area contributed by atoms with Crippen LogP contribution in [0.3, 0.4) is 0 Å². The highest BCUT2D eigenvalue weighted by atomic mass is 127. The maximum Gasteiger partial charge on any atom is 0.271 e. The summed E-state index contributed by atoms with van der Waals surface area (Å²) in [6.45, 7) is 4.17. The van der Waals surface area contributed by atoms with Crippen molar-refractivity contribution in [2.24, 2.45) is 0 Å². The maximum absolute atomic E-state index is 12.8. The molecule has 1 aromatic heterocycles. The summed E-state index contributed by atoms with van der Waals surface area (Å²) in [4.78, 5) is 27.9. The summed E-state index contributed by atoms with van der Waals surface area (Å²) in [5.74, 6) is -0.283. The minimum Gasteiger partial charge on any atom is -0.491 e. The number of pyridine rings is 1. The van der Waals surface area contributed by atoms with E-state index in [0.717, 1.165) is 31.6 Å². The molecule has 3 rings (SSSR count). The highest BCUT2D eigenvalue weighted by Gasteiger charge is 2.41. The molecule has 1 saturated heterocycles. The number of aliphatic hydroxyl groups is 1. The first-order valence-corrected chi connectivity index (χ1v) is 9.77. The van der Waals surface area contributed by atoms with Crippen LogP contribution in [0.2, 0.25) is 0 Å². The largest absolute Gasteiger partial charge is 0.491 e. The van der Waals surface area contributed by atoms with Gasteiger partial charge in [-0.1, -0.05) is 0 Å². The molecule has 7 nitrogen and oxygen atoms in total. The van der Waals surface area contributed by atoms with Crippen LogP contribution in [0.1, 0.15) is 54.5 Å². The van der Waals surface area contributed by atoms with E-state index in [1.807, 2.05) is 11.5 Å². The van der Waals surface area contributed by atoms with Crippen molar-refractivity contribution >= 4 is 28.5 Å². The zero-order chi connectivity index (χ0) is 18.1. The van der Waals surface area contributed by atoms with Gasteiger partial charge in [-0.2, -0.15) is 0 Å². The number of methoxy groups -OCH3 is 1. The first kappa shape index (κ1) is 18.7. The van der Waals surface area contributed by atoms with Gasteiger partial charge in [0.05, 0.1) is 35.1 Å². The van der Waals surface area contributed by atoms with Crippen LogP contribution in [0.4, 0.5) is 0 Å². The van der Waals surface area contributed by atoms with Gasteiger partial charge in [0.1, 0.15) is 0 Å². The van der Waals surface area contributed by atoms with Crippen LogP contribution >= 0.6 is 22.6 Å². The number of fused-ring (bicyclic) bond motifs is 1. The molecular weight excluding hydrogens is 437 g/mol. The molecule has 0 aromatic carbocycles. The lowest BCUT2D eigenvalue weighted by atomic mass is 10.1. The van der Waals surface area contributed by atoms with Crippen LogP contribution in [-0.4, -0.2) is 53.8 Å². The van der Waals surface area contributed by atoms with Gasteiger partial charge in [-0.15, -0.1) is 0 Å². The first-order chi connectivity index (χ1) is 12.0. The molecule has 138 valence electrons. The normalized spacial score (nSPS) is 22.9. The lowest BCUT2D eigenvalue weighted by Crippen LogP contribution is -2.33. The number of nitrogens with one attached hydrogen (secondary N) is 1. The molecular formula is C17H24IN3O4. The zero-order valence-corrected chi connectivity index (χ0v) is 16.7. The third kappa shape index (κ3) is 3.08. The van der Waals surface area contributed by atoms with Gasteiger partial charge in [0.15, 0.2) is 11.4 Å². The molecule has 0 saturated carbocycles. The van der Waals surface area contributed by atoms with Crippen LogP contribution in [0, 0.1) is 3.57 Å². The molecule has 2 aliphatic rings. The van der Waals surface area contributed by atoms with Crippen molar-refractivity contribution in [2.75, 3.05) is 33.4 Å². The minimum atomic E-state index is -0.338. The summed E-state index contributed by atoms with van der Waals surface area (Å²) in [6.07, 6.45) is 2.98. The predicted molar refractivity (Wildman–Crippen MR) is 102 cm³/mol. The average molecular weight is 461 g/mol. The Hall–Kier alpha value is -1.13. The second-order valence-corrected chi connectivity index (χ2v) is 7.55. The lowest BCUT2D eigenvalue weighted by molar-refractivity contribution is 0.0936. The molecule has 0 radical (unpaired) electrons. The second kappa shape index (κ2) is 7.63. The Morgan fingerprint density at radius 2 is 2.08 bits per heavy atom. The smallest absolute Gasteiger partial charge is 0.271 e. The molecule has 0 aliphatic carbocycles. The molecule has 0 unspecified atom stereocenters. The molecule has 1 aromatic rings. The number of rotatable bonds is 5. The highest BCUT2D eigenvalue weighted by Crippen LogP contribution is 2.43. The third-order valence-electron chi connectivity index (χ3n) is 5.07. The van der Waals surface area contributed by atoms with Gasteiger partial charge < -0.3 is 19.7 Å². The molecule has 0 bridgehead atoms. The Labute approximate surface area is 160 Å². The molecule has 2 aliphatic heterocycles. The average Bonchev–Trinajstić information content (AvgIpc) is 3.25. The molecule has 2 N–H and O–H groups in total. The summed E-state index contributed by atoms with van der Waals surface area (Å²) >= 11 is 2.06. The Kier molecular flexibility index (Phi) is 5.69. The van der Waals surface area contributed by atoms with Crippen molar-refractivity contribution < 1.29 is 14.6 Å². The number of nitrogens with zero attached hydrogens (tertiary/aromatic N) is 2. The van der Waals surface area contributed by atoms with E-state index in [-0.39, 0.29) is 41.5 Å². The number of halogens is 1. The second-order valence-electron chi connectivity index (χ2n) is 6.47. The molecule has 25 heavy (non-hydrogen) atoms. The summed E-state index contributed by atoms with van der Waals surface area (Å²) < 4.78 is 7.73. The number of aromatic nitrogens is 1. The molecule has 1 amide bonds. The number of amides is 1. The number of ether oxygens (including phenoxy) is 1. The number of aliphatic hydroxyl groups excluding tert-OH is 1. The summed E-state index contributed by atoms with van der Waals surface area (Å²) in [5, 5.41) is 12.7. The van der Waals surface area contributed by atoms with Gasteiger partial charge in [-0.25, -0.2) is 0 Å². The van der Waals surface area contributed by atoms with Crippen molar-refractivity contribution in [1.82, 2.24) is 14.8 Å². The summed E-state index contributed by atoms with van der Waals surface area (Å²) in [7, 11) is 1.41. The quantitative estimate of drug-likeness (QED) is 0.646. The van der Waals surface area contributed by atoms with E-state index in [9.17, 15) is 14.7 Å². The topological polar surface area (TPSA) is 83.8 Å². The SMILES string of the molecule is CCNC(=O)c1c(OC)c(=O)c(I)c2n1[C@H](CO)C[C@H]2N1CCCC1. The van der Waals surface area contributed by atoms with E-state index < -0.39 is 0 Å². The predicted octanol–water partition coefficient (Wildman–Crippen LogP) is 1.29. The maximum atomic E-state index is 12.8. The Bertz CT molecular complexity index is 728. The lowest BCUT2D eigenvalue weighted by Gasteiger charge is -2.25. The minimum absolute atomic E-state index is 0.0540. The summed E-state index contributed by atoms with van der Waals surface area (Å²) in [6, 6.07) is -0.181. The van der Waals surface area contributed by atoms with E-state index in [2.05, 4.69) is 32.8 Å². The number of likely N-dealkylation sites (tertiary alicyclic amines) is 1. The molecule has 3 heterocycles. The van der Waals surface area contributed by atoms with Gasteiger partial charge in [-0.3, -0.25) is 14.5 Å². The number of carbonyl (C=O) groups is 1. The van der Waals surface area contributed by atoms with E-state index >= 15 is 0 Å². The highest BCUT2D eigenvalue weighted by molar-refractivity contribution is 14.1. The Morgan fingerprint density at radius 1 is 1.40 bits per heavy atom. The fourth-order valence-electron chi connectivity index (χ4n) is 4.00. The van der Waals surface area contributed by atoms with Gasteiger partial charge >= 0.3 is 0 Å². The number of carbonyl (C=O) groups excluding carboxylic acids is 1. The third-order valence-corrected chi connectivity index (χ3v) is 6.11. The first-order valence-electron chi connectivity index (χ1n) is 8.70. The Morgan fingerprint density at radius 3 is 2.64 bits per heavy atom. The molecule has 2 atom stereocenters. The molecule has 0 spiro atoms.